The summed E-state index contributed by atoms with van der Waals surface area (Å²) in [5.74, 6) is 4.57. The van der Waals surface area contributed by atoms with Gasteiger partial charge in [-0.15, -0.1) is 0 Å². The maximum Gasteiger partial charge on any atom is 0.161 e. The van der Waals surface area contributed by atoms with Crippen molar-refractivity contribution in [3.05, 3.63) is 36.4 Å². The van der Waals surface area contributed by atoms with Crippen molar-refractivity contribution in [2.24, 2.45) is 0 Å². The Hall–Kier alpha value is -4.50. The third-order valence-corrected chi connectivity index (χ3v) is 25.8. The molecule has 0 bridgehead atoms. The molecule has 0 heterocycles. The summed E-state index contributed by atoms with van der Waals surface area (Å²) in [7, 11) is 10.1. The van der Waals surface area contributed by atoms with Crippen LogP contribution in [0.15, 0.2) is 36.4 Å². The molecule has 0 fully saturated rings. The summed E-state index contributed by atoms with van der Waals surface area (Å²) in [4.78, 5) is 0. The van der Waals surface area contributed by atoms with E-state index in [1.807, 2.05) is 0 Å². The van der Waals surface area contributed by atoms with Crippen LogP contribution in [0.3, 0.4) is 0 Å². The molecule has 0 aliphatic rings. The molecule has 0 radical (unpaired) electrons. The lowest BCUT2D eigenvalue weighted by atomic mass is 9.93. The normalized spacial score (nSPS) is 11.8. The fourth-order valence-electron chi connectivity index (χ4n) is 17.1. The first-order chi connectivity index (χ1) is 74.6. The summed E-state index contributed by atoms with van der Waals surface area (Å²) in [5, 5.41) is 6.39. The van der Waals surface area contributed by atoms with Crippen LogP contribution < -0.4 is 28.4 Å². The van der Waals surface area contributed by atoms with E-state index in [4.69, 9.17) is 142 Å². The third kappa shape index (κ3) is 82.9. The van der Waals surface area contributed by atoms with Gasteiger partial charge in [0.15, 0.2) is 34.5 Å². The van der Waals surface area contributed by atoms with Gasteiger partial charge in [-0.1, -0.05) is 231 Å². The van der Waals surface area contributed by atoms with Crippen LogP contribution >= 0.6 is 0 Å². The van der Waals surface area contributed by atoms with Gasteiger partial charge in [-0.25, -0.2) is 0 Å². The Labute approximate surface area is 908 Å². The third-order valence-electron chi connectivity index (χ3n) is 25.8. The predicted molar refractivity (Wildman–Crippen MR) is 600 cm³/mol. The minimum atomic E-state index is 0.564. The molecule has 0 aromatic heterocycles. The fourth-order valence-corrected chi connectivity index (χ4v) is 17.1. The Bertz CT molecular complexity index is 2850. The van der Waals surface area contributed by atoms with Crippen LogP contribution in [-0.2, 0) is 114 Å². The van der Waals surface area contributed by atoms with E-state index >= 15 is 0 Å². The highest BCUT2D eigenvalue weighted by molar-refractivity contribution is 6.27. The van der Waals surface area contributed by atoms with Gasteiger partial charge in [0.25, 0.3) is 0 Å². The number of methoxy groups -OCH3 is 6. The second-order valence-corrected chi connectivity index (χ2v) is 38.6. The number of ether oxygens (including phenoxy) is 30. The van der Waals surface area contributed by atoms with Gasteiger partial charge in [0.2, 0.25) is 0 Å². The Morgan fingerprint density at radius 2 is 0.173 bits per heavy atom. The Morgan fingerprint density at radius 3 is 0.273 bits per heavy atom. The first kappa shape index (κ1) is 138. The highest BCUT2D eigenvalue weighted by atomic mass is 16.6. The molecule has 0 aliphatic carbocycles. The van der Waals surface area contributed by atoms with Crippen LogP contribution in [0.4, 0.5) is 0 Å². The zero-order valence-corrected chi connectivity index (χ0v) is 95.6. The van der Waals surface area contributed by atoms with Crippen molar-refractivity contribution in [2.45, 2.75) is 308 Å². The molecule has 30 heteroatoms. The van der Waals surface area contributed by atoms with E-state index in [0.717, 1.165) is 299 Å². The summed E-state index contributed by atoms with van der Waals surface area (Å²) in [5.41, 5.74) is 0. The zero-order valence-electron chi connectivity index (χ0n) is 95.6. The summed E-state index contributed by atoms with van der Waals surface area (Å²) in [6.45, 7) is 28.9. The van der Waals surface area contributed by atoms with E-state index in [1.165, 1.54) is 116 Å². The molecule has 4 aromatic carbocycles. The van der Waals surface area contributed by atoms with Gasteiger partial charge in [0, 0.05) is 82.3 Å². The van der Waals surface area contributed by atoms with E-state index in [2.05, 4.69) is 36.4 Å². The molecular weight excluding hydrogens is 1920 g/mol. The molecule has 4 rings (SSSR count). The van der Waals surface area contributed by atoms with Crippen molar-refractivity contribution in [1.29, 1.82) is 0 Å². The summed E-state index contributed by atoms with van der Waals surface area (Å²) < 4.78 is 175. The highest BCUT2D eigenvalue weighted by Crippen LogP contribution is 2.48. The largest absolute Gasteiger partial charge is 0.490 e. The molecule has 0 N–H and O–H groups in total. The monoisotopic (exact) mass is 2140 g/mol. The lowest BCUT2D eigenvalue weighted by molar-refractivity contribution is 0.00323. The molecule has 150 heavy (non-hydrogen) atoms. The van der Waals surface area contributed by atoms with Crippen LogP contribution in [0.5, 0.6) is 34.5 Å². The van der Waals surface area contributed by atoms with Gasteiger partial charge in [-0.3, -0.25) is 0 Å². The van der Waals surface area contributed by atoms with E-state index in [1.54, 1.807) is 42.7 Å². The smallest absolute Gasteiger partial charge is 0.161 e. The van der Waals surface area contributed by atoms with Crippen molar-refractivity contribution in [3.8, 4) is 34.5 Å². The topological polar surface area (TPSA) is 277 Å². The standard InChI is InChI=1S/C120H216O30/c1-121-67-73-133-91-97-139-85-79-127-55-43-31-19-7-13-25-37-49-61-145-115-103-109-110(104-116(115)146-62-50-38-26-14-8-20-32-44-56-128-80-86-140-98-92-134-74-68-122-2)112-106-118(148-64-52-40-28-16-10-22-34-46-58-130-82-88-142-100-94-136-76-70-124-4)120(150-66-54-42-30-18-12-24-36-48-60-132-84-90-144-102-96-138-78-72-126-6)108-114(112)113-107-119(149-65-53-41-29-17-11-23-35-47-59-131-83-89-143-101-95-137-77-71-125-5)117(105-111(109)113)147-63-51-39-27-15-9-21-33-45-57-129-81-87-141-99-93-135-75-69-123-3/h103-108H,7-102H2,1-6H3. The Balaban J connectivity index is 1.67. The number of unbranched alkanes of at least 4 members (excludes halogenated alkanes) is 42. The molecular formula is C120H216O30. The molecule has 876 valence electrons. The van der Waals surface area contributed by atoms with Gasteiger partial charge in [0.05, 0.1) is 277 Å². The van der Waals surface area contributed by atoms with E-state index < -0.39 is 0 Å². The van der Waals surface area contributed by atoms with Crippen molar-refractivity contribution < 1.29 is 142 Å². The zero-order chi connectivity index (χ0) is 106. The maximum atomic E-state index is 7.10. The molecule has 0 aliphatic heterocycles. The van der Waals surface area contributed by atoms with E-state index in [9.17, 15) is 0 Å². The minimum absolute atomic E-state index is 0.564. The fraction of sp³-hybridized carbons (Fsp3) is 0.850. The first-order valence-electron chi connectivity index (χ1n) is 59.2. The molecule has 0 amide bonds. The number of fused-ring (bicyclic) bond motifs is 6. The predicted octanol–water partition coefficient (Wildman–Crippen LogP) is 24.3. The second kappa shape index (κ2) is 111. The molecule has 0 saturated heterocycles. The summed E-state index contributed by atoms with van der Waals surface area (Å²) >= 11 is 0. The minimum Gasteiger partial charge on any atom is -0.490 e. The number of hydrogen-bond donors (Lipinski definition) is 0. The highest BCUT2D eigenvalue weighted by Gasteiger charge is 2.22. The van der Waals surface area contributed by atoms with Gasteiger partial charge in [-0.2, -0.15) is 0 Å². The van der Waals surface area contributed by atoms with Gasteiger partial charge in [-0.05, 0) is 146 Å². The van der Waals surface area contributed by atoms with Crippen LogP contribution in [0.2, 0.25) is 0 Å². The maximum absolute atomic E-state index is 7.10. The second-order valence-electron chi connectivity index (χ2n) is 38.6. The van der Waals surface area contributed by atoms with Gasteiger partial charge in [0.1, 0.15) is 0 Å². The molecule has 0 unspecified atom stereocenters. The average Bonchev–Trinajstić information content (AvgIpc) is 0.723. The number of rotatable bonds is 126. The first-order valence-corrected chi connectivity index (χ1v) is 59.2. The lowest BCUT2D eigenvalue weighted by Crippen LogP contribution is -2.11. The van der Waals surface area contributed by atoms with Crippen molar-refractivity contribution in [2.75, 3.05) is 360 Å². The summed E-state index contributed by atoms with van der Waals surface area (Å²) in [6.07, 6.45) is 54.0. The van der Waals surface area contributed by atoms with Crippen LogP contribution in [0.25, 0.3) is 32.3 Å². The van der Waals surface area contributed by atoms with E-state index in [-0.39, 0.29) is 0 Å². The van der Waals surface area contributed by atoms with Crippen molar-refractivity contribution >= 4 is 32.3 Å². The SMILES string of the molecule is COCCOCCOCCOCCCCCCCCCCOc1cc2c3cc(OCCCCCCCCCCOCCOCCOCCOC)c(OCCCCCCCCCCOCCOCCOCCOC)cc3c3cc(OCCCCCCCCCCOCCOCCOCCOC)c(OCCCCCCCCCCOCCOCCOCCOC)cc3c2cc1OCCCCCCCCCCOCCOCCOCCOC. The lowest BCUT2D eigenvalue weighted by Gasteiger charge is -2.21. The Kier molecular flexibility index (Phi) is 102. The molecule has 4 aromatic rings. The number of benzene rings is 4. The van der Waals surface area contributed by atoms with Crippen LogP contribution in [-0.4, -0.2) is 360 Å². The van der Waals surface area contributed by atoms with Crippen LogP contribution in [0, 0.1) is 0 Å². The molecule has 0 spiro atoms. The van der Waals surface area contributed by atoms with Crippen molar-refractivity contribution in [1.82, 2.24) is 0 Å². The average molecular weight is 2140 g/mol. The van der Waals surface area contributed by atoms with Crippen LogP contribution in [0.1, 0.15) is 308 Å². The van der Waals surface area contributed by atoms with Gasteiger partial charge >= 0.3 is 0 Å². The Morgan fingerprint density at radius 1 is 0.0933 bits per heavy atom. The quantitative estimate of drug-likeness (QED) is 0.0293. The molecule has 30 nitrogen and oxygen atoms in total. The van der Waals surface area contributed by atoms with Gasteiger partial charge < -0.3 is 142 Å². The molecule has 0 saturated carbocycles. The molecule has 0 atom stereocenters. The van der Waals surface area contributed by atoms with Crippen molar-refractivity contribution in [3.63, 3.8) is 0 Å². The van der Waals surface area contributed by atoms with E-state index in [0.29, 0.717) is 277 Å². The summed E-state index contributed by atoms with van der Waals surface area (Å²) in [6, 6.07) is 13.6. The number of hydrogen-bond acceptors (Lipinski definition) is 30.